The number of aliphatic hydroxyl groups is 1. The zero-order valence-corrected chi connectivity index (χ0v) is 17.0. The van der Waals surface area contributed by atoms with E-state index in [0.29, 0.717) is 44.6 Å². The lowest BCUT2D eigenvalue weighted by atomic mass is 9.89. The Bertz CT molecular complexity index is 845. The SMILES string of the molecule is C=CCN(Cc1nc2sc3c(c2c(=O)[nH]1)CCC(C)C3)CC(O)COCC. The van der Waals surface area contributed by atoms with Crippen molar-refractivity contribution in [3.63, 3.8) is 0 Å². The van der Waals surface area contributed by atoms with Crippen LogP contribution < -0.4 is 5.56 Å². The van der Waals surface area contributed by atoms with Gasteiger partial charge >= 0.3 is 0 Å². The fourth-order valence-corrected chi connectivity index (χ4v) is 5.07. The maximum absolute atomic E-state index is 12.7. The van der Waals surface area contributed by atoms with Crippen LogP contribution in [0.25, 0.3) is 10.2 Å². The van der Waals surface area contributed by atoms with Crippen molar-refractivity contribution in [2.24, 2.45) is 5.92 Å². The lowest BCUT2D eigenvalue weighted by molar-refractivity contribution is 0.0214. The summed E-state index contributed by atoms with van der Waals surface area (Å²) >= 11 is 1.66. The Hall–Kier alpha value is -1.54. The van der Waals surface area contributed by atoms with Gasteiger partial charge in [0.05, 0.1) is 24.6 Å². The van der Waals surface area contributed by atoms with Crippen LogP contribution in [0.5, 0.6) is 0 Å². The molecule has 2 atom stereocenters. The van der Waals surface area contributed by atoms with E-state index in [-0.39, 0.29) is 5.56 Å². The number of aliphatic hydroxyl groups excluding tert-OH is 1. The highest BCUT2D eigenvalue weighted by atomic mass is 32.1. The van der Waals surface area contributed by atoms with Crippen molar-refractivity contribution in [1.82, 2.24) is 14.9 Å². The van der Waals surface area contributed by atoms with E-state index in [9.17, 15) is 9.90 Å². The number of hydrogen-bond acceptors (Lipinski definition) is 6. The van der Waals surface area contributed by atoms with Crippen LogP contribution in [0.3, 0.4) is 0 Å². The fraction of sp³-hybridized carbons (Fsp3) is 0.600. The normalized spacial score (nSPS) is 18.0. The van der Waals surface area contributed by atoms with Crippen molar-refractivity contribution in [2.75, 3.05) is 26.3 Å². The zero-order chi connectivity index (χ0) is 19.4. The van der Waals surface area contributed by atoms with Crippen LogP contribution in [0, 0.1) is 5.92 Å². The standard InChI is InChI=1S/C20H29N3O3S/c1-4-8-23(10-14(24)12-26-5-2)11-17-21-19(25)18-15-7-6-13(3)9-16(15)27-20(18)22-17/h4,13-14,24H,1,5-12H2,2-3H3,(H,21,22,25). The third kappa shape index (κ3) is 4.85. The Balaban J connectivity index is 1.81. The number of ether oxygens (including phenoxy) is 1. The van der Waals surface area contributed by atoms with E-state index in [2.05, 4.69) is 18.5 Å². The van der Waals surface area contributed by atoms with Crippen molar-refractivity contribution in [3.8, 4) is 0 Å². The Morgan fingerprint density at radius 3 is 3.11 bits per heavy atom. The maximum atomic E-state index is 12.7. The summed E-state index contributed by atoms with van der Waals surface area (Å²) in [4.78, 5) is 24.6. The summed E-state index contributed by atoms with van der Waals surface area (Å²) in [5.74, 6) is 1.30. The lowest BCUT2D eigenvalue weighted by Crippen LogP contribution is -2.35. The van der Waals surface area contributed by atoms with E-state index >= 15 is 0 Å². The number of hydrogen-bond donors (Lipinski definition) is 2. The molecule has 1 aliphatic rings. The molecule has 27 heavy (non-hydrogen) atoms. The van der Waals surface area contributed by atoms with Crippen LogP contribution in [0.2, 0.25) is 0 Å². The van der Waals surface area contributed by atoms with Crippen molar-refractivity contribution < 1.29 is 9.84 Å². The van der Waals surface area contributed by atoms with Gasteiger partial charge in [0.15, 0.2) is 0 Å². The third-order valence-corrected chi connectivity index (χ3v) is 6.11. The second kappa shape index (κ2) is 9.10. The first-order chi connectivity index (χ1) is 13.0. The van der Waals surface area contributed by atoms with E-state index in [1.54, 1.807) is 17.4 Å². The Labute approximate surface area is 163 Å². The number of aromatic amines is 1. The number of aryl methyl sites for hydroxylation is 1. The van der Waals surface area contributed by atoms with Crippen LogP contribution in [-0.2, 0) is 24.1 Å². The van der Waals surface area contributed by atoms with E-state index in [1.807, 2.05) is 11.8 Å². The van der Waals surface area contributed by atoms with Crippen LogP contribution in [-0.4, -0.2) is 52.4 Å². The number of fused-ring (bicyclic) bond motifs is 3. The van der Waals surface area contributed by atoms with E-state index in [4.69, 9.17) is 9.72 Å². The van der Waals surface area contributed by atoms with Gasteiger partial charge in [0, 0.05) is 24.6 Å². The van der Waals surface area contributed by atoms with Crippen LogP contribution in [0.15, 0.2) is 17.4 Å². The molecule has 2 N–H and O–H groups in total. The predicted octanol–water partition coefficient (Wildman–Crippen LogP) is 2.49. The van der Waals surface area contributed by atoms with Crippen molar-refractivity contribution >= 4 is 21.6 Å². The van der Waals surface area contributed by atoms with Gasteiger partial charge in [-0.25, -0.2) is 4.98 Å². The molecular weight excluding hydrogens is 362 g/mol. The van der Waals surface area contributed by atoms with Gasteiger partial charge in [0.25, 0.3) is 5.56 Å². The van der Waals surface area contributed by atoms with Crippen LogP contribution in [0.4, 0.5) is 0 Å². The largest absolute Gasteiger partial charge is 0.389 e. The average molecular weight is 392 g/mol. The van der Waals surface area contributed by atoms with Gasteiger partial charge < -0.3 is 14.8 Å². The van der Waals surface area contributed by atoms with Crippen LogP contribution in [0.1, 0.15) is 36.5 Å². The molecule has 0 spiro atoms. The van der Waals surface area contributed by atoms with E-state index in [0.717, 1.165) is 29.5 Å². The summed E-state index contributed by atoms with van der Waals surface area (Å²) in [6.45, 7) is 10.3. The monoisotopic (exact) mass is 391 g/mol. The second-order valence-corrected chi connectivity index (χ2v) is 8.42. The van der Waals surface area contributed by atoms with E-state index < -0.39 is 6.10 Å². The molecule has 0 saturated heterocycles. The van der Waals surface area contributed by atoms with Gasteiger partial charge in [-0.2, -0.15) is 0 Å². The molecule has 0 aromatic carbocycles. The summed E-state index contributed by atoms with van der Waals surface area (Å²) in [6.07, 6.45) is 4.33. The summed E-state index contributed by atoms with van der Waals surface area (Å²) in [5.41, 5.74) is 1.15. The molecule has 2 aromatic rings. The molecule has 148 valence electrons. The molecule has 2 heterocycles. The highest BCUT2D eigenvalue weighted by Gasteiger charge is 2.23. The molecule has 7 heteroatoms. The second-order valence-electron chi connectivity index (χ2n) is 7.34. The van der Waals surface area contributed by atoms with Crippen LogP contribution >= 0.6 is 11.3 Å². The number of nitrogens with zero attached hydrogens (tertiary/aromatic N) is 2. The topological polar surface area (TPSA) is 78.5 Å². The quantitative estimate of drug-likeness (QED) is 0.642. The first-order valence-corrected chi connectivity index (χ1v) is 10.5. The van der Waals surface area contributed by atoms with Gasteiger partial charge in [-0.3, -0.25) is 9.69 Å². The molecule has 2 unspecified atom stereocenters. The van der Waals surface area contributed by atoms with Crippen molar-refractivity contribution in [3.05, 3.63) is 39.3 Å². The minimum absolute atomic E-state index is 0.0459. The smallest absolute Gasteiger partial charge is 0.259 e. The first kappa shape index (κ1) is 20.2. The fourth-order valence-electron chi connectivity index (χ4n) is 3.67. The molecule has 6 nitrogen and oxygen atoms in total. The van der Waals surface area contributed by atoms with Gasteiger partial charge in [0.1, 0.15) is 10.7 Å². The maximum Gasteiger partial charge on any atom is 0.259 e. The number of rotatable bonds is 9. The molecule has 0 amide bonds. The lowest BCUT2D eigenvalue weighted by Gasteiger charge is -2.23. The molecule has 0 bridgehead atoms. The molecule has 0 fully saturated rings. The van der Waals surface area contributed by atoms with E-state index in [1.165, 1.54) is 10.4 Å². The summed E-state index contributed by atoms with van der Waals surface area (Å²) in [5, 5.41) is 10.9. The molecular formula is C20H29N3O3S. The number of thiophene rings is 1. The van der Waals surface area contributed by atoms with Crippen molar-refractivity contribution in [1.29, 1.82) is 0 Å². The summed E-state index contributed by atoms with van der Waals surface area (Å²) in [7, 11) is 0. The minimum atomic E-state index is -0.587. The van der Waals surface area contributed by atoms with Gasteiger partial charge in [-0.05, 0) is 37.7 Å². The predicted molar refractivity (Wildman–Crippen MR) is 109 cm³/mol. The molecule has 3 rings (SSSR count). The average Bonchev–Trinajstić information content (AvgIpc) is 2.97. The summed E-state index contributed by atoms with van der Waals surface area (Å²) in [6, 6.07) is 0. The molecule has 2 aromatic heterocycles. The van der Waals surface area contributed by atoms with Crippen molar-refractivity contribution in [2.45, 2.75) is 45.8 Å². The number of aromatic nitrogens is 2. The highest BCUT2D eigenvalue weighted by molar-refractivity contribution is 7.18. The minimum Gasteiger partial charge on any atom is -0.389 e. The van der Waals surface area contributed by atoms with Gasteiger partial charge in [0.2, 0.25) is 0 Å². The zero-order valence-electron chi connectivity index (χ0n) is 16.2. The number of nitrogens with one attached hydrogen (secondary N) is 1. The molecule has 0 radical (unpaired) electrons. The Kier molecular flexibility index (Phi) is 6.81. The number of H-pyrrole nitrogens is 1. The molecule has 1 aliphatic carbocycles. The molecule has 0 saturated carbocycles. The Morgan fingerprint density at radius 1 is 1.56 bits per heavy atom. The van der Waals surface area contributed by atoms with Gasteiger partial charge in [-0.1, -0.05) is 13.0 Å². The van der Waals surface area contributed by atoms with Gasteiger partial charge in [-0.15, -0.1) is 17.9 Å². The third-order valence-electron chi connectivity index (χ3n) is 4.96. The summed E-state index contributed by atoms with van der Waals surface area (Å²) < 4.78 is 5.28. The first-order valence-electron chi connectivity index (χ1n) is 9.64. The Morgan fingerprint density at radius 2 is 2.37 bits per heavy atom. The molecule has 0 aliphatic heterocycles. The highest BCUT2D eigenvalue weighted by Crippen LogP contribution is 2.35.